The minimum absolute atomic E-state index is 0.0566. The minimum atomic E-state index is -0.352. The average Bonchev–Trinajstić information content (AvgIpc) is 3.14. The summed E-state index contributed by atoms with van der Waals surface area (Å²) in [6.45, 7) is 5.46. The lowest BCUT2D eigenvalue weighted by molar-refractivity contribution is -0.133. The fourth-order valence-corrected chi connectivity index (χ4v) is 3.49. The number of carbonyl (C=O) groups excluding carboxylic acids is 1. The Morgan fingerprint density at radius 2 is 2.22 bits per heavy atom. The number of pyridine rings is 1. The molecule has 7 nitrogen and oxygen atoms in total. The van der Waals surface area contributed by atoms with Crippen molar-refractivity contribution in [2.75, 3.05) is 13.2 Å². The van der Waals surface area contributed by atoms with Crippen molar-refractivity contribution in [1.82, 2.24) is 19.9 Å². The zero-order valence-corrected chi connectivity index (χ0v) is 15.9. The second kappa shape index (κ2) is 8.90. The van der Waals surface area contributed by atoms with Crippen LogP contribution in [0.5, 0.6) is 0 Å². The number of rotatable bonds is 7. The van der Waals surface area contributed by atoms with Gasteiger partial charge in [-0.15, -0.1) is 0 Å². The molecule has 0 unspecified atom stereocenters. The molecule has 2 aromatic heterocycles. The molecule has 7 heteroatoms. The minimum Gasteiger partial charge on any atom is -0.376 e. The molecule has 0 aromatic carbocycles. The SMILES string of the molecule is Cc1nc(=O)[nH]c(C)c1CCC(=O)N(Cc1ccccn1)C[C@@H]1CCCO1. The lowest BCUT2D eigenvalue weighted by atomic mass is 10.1. The molecule has 1 fully saturated rings. The molecule has 1 N–H and O–H groups in total. The predicted molar refractivity (Wildman–Crippen MR) is 101 cm³/mol. The van der Waals surface area contributed by atoms with Gasteiger partial charge in [0.15, 0.2) is 0 Å². The highest BCUT2D eigenvalue weighted by molar-refractivity contribution is 5.76. The molecule has 0 aliphatic carbocycles. The van der Waals surface area contributed by atoms with Crippen LogP contribution in [0.4, 0.5) is 0 Å². The third-order valence-electron chi connectivity index (χ3n) is 4.92. The highest BCUT2D eigenvalue weighted by Crippen LogP contribution is 2.17. The Morgan fingerprint density at radius 1 is 1.37 bits per heavy atom. The van der Waals surface area contributed by atoms with Gasteiger partial charge in [-0.25, -0.2) is 4.79 Å². The molecule has 3 heterocycles. The van der Waals surface area contributed by atoms with Crippen molar-refractivity contribution in [3.63, 3.8) is 0 Å². The van der Waals surface area contributed by atoms with Crippen LogP contribution in [0, 0.1) is 13.8 Å². The zero-order chi connectivity index (χ0) is 19.2. The van der Waals surface area contributed by atoms with Crippen LogP contribution in [0.25, 0.3) is 0 Å². The fraction of sp³-hybridized carbons (Fsp3) is 0.500. The Hall–Kier alpha value is -2.54. The first-order chi connectivity index (χ1) is 13.0. The first kappa shape index (κ1) is 19.2. The van der Waals surface area contributed by atoms with Crippen molar-refractivity contribution < 1.29 is 9.53 Å². The van der Waals surface area contributed by atoms with Crippen LogP contribution in [0.15, 0.2) is 29.2 Å². The Kier molecular flexibility index (Phi) is 6.34. The maximum absolute atomic E-state index is 12.9. The second-order valence-corrected chi connectivity index (χ2v) is 6.96. The normalized spacial score (nSPS) is 16.4. The largest absolute Gasteiger partial charge is 0.376 e. The summed E-state index contributed by atoms with van der Waals surface area (Å²) >= 11 is 0. The number of hydrogen-bond donors (Lipinski definition) is 1. The zero-order valence-electron chi connectivity index (χ0n) is 15.9. The molecular formula is C20H26N4O3. The molecule has 1 saturated heterocycles. The summed E-state index contributed by atoms with van der Waals surface area (Å²) in [5.74, 6) is 0.0566. The van der Waals surface area contributed by atoms with Crippen LogP contribution in [-0.4, -0.2) is 45.0 Å². The summed E-state index contributed by atoms with van der Waals surface area (Å²) in [6, 6.07) is 5.72. The van der Waals surface area contributed by atoms with Gasteiger partial charge in [0.05, 0.1) is 18.3 Å². The maximum atomic E-state index is 12.9. The molecule has 3 rings (SSSR count). The third-order valence-corrected chi connectivity index (χ3v) is 4.92. The first-order valence-electron chi connectivity index (χ1n) is 9.38. The lowest BCUT2D eigenvalue weighted by Gasteiger charge is -2.25. The lowest BCUT2D eigenvalue weighted by Crippen LogP contribution is -2.37. The van der Waals surface area contributed by atoms with E-state index in [1.54, 1.807) is 13.1 Å². The maximum Gasteiger partial charge on any atom is 0.345 e. The van der Waals surface area contributed by atoms with Gasteiger partial charge in [0.25, 0.3) is 0 Å². The molecular weight excluding hydrogens is 344 g/mol. The van der Waals surface area contributed by atoms with Crippen LogP contribution < -0.4 is 5.69 Å². The Balaban J connectivity index is 1.69. The standard InChI is InChI=1S/C20H26N4O3/c1-14-18(15(2)23-20(26)22-14)8-9-19(25)24(13-17-7-5-11-27-17)12-16-6-3-4-10-21-16/h3-4,6,10,17H,5,7-9,11-13H2,1-2H3,(H,22,23,26)/t17-/m0/s1. The smallest absolute Gasteiger partial charge is 0.345 e. The molecule has 1 atom stereocenters. The van der Waals surface area contributed by atoms with E-state index >= 15 is 0 Å². The fourth-order valence-electron chi connectivity index (χ4n) is 3.49. The molecule has 2 aromatic rings. The molecule has 1 aliphatic heterocycles. The predicted octanol–water partition coefficient (Wildman–Crippen LogP) is 1.92. The molecule has 1 amide bonds. The van der Waals surface area contributed by atoms with Gasteiger partial charge in [-0.05, 0) is 50.8 Å². The van der Waals surface area contributed by atoms with Gasteiger partial charge in [-0.1, -0.05) is 6.07 Å². The van der Waals surface area contributed by atoms with Crippen LogP contribution in [0.2, 0.25) is 0 Å². The molecule has 0 radical (unpaired) electrons. The van der Waals surface area contributed by atoms with Gasteiger partial charge in [-0.3, -0.25) is 9.78 Å². The van der Waals surface area contributed by atoms with E-state index < -0.39 is 0 Å². The summed E-state index contributed by atoms with van der Waals surface area (Å²) < 4.78 is 5.72. The molecule has 0 spiro atoms. The van der Waals surface area contributed by atoms with E-state index in [0.717, 1.165) is 36.4 Å². The summed E-state index contributed by atoms with van der Waals surface area (Å²) in [5, 5.41) is 0. The summed E-state index contributed by atoms with van der Waals surface area (Å²) in [7, 11) is 0. The number of ether oxygens (including phenoxy) is 1. The van der Waals surface area contributed by atoms with Gasteiger partial charge in [0, 0.05) is 37.2 Å². The second-order valence-electron chi connectivity index (χ2n) is 6.96. The topological polar surface area (TPSA) is 88.2 Å². The van der Waals surface area contributed by atoms with Gasteiger partial charge in [0.2, 0.25) is 5.91 Å². The summed E-state index contributed by atoms with van der Waals surface area (Å²) in [4.78, 5) is 37.2. The Labute approximate surface area is 158 Å². The Morgan fingerprint density at radius 3 is 2.89 bits per heavy atom. The molecule has 27 heavy (non-hydrogen) atoms. The quantitative estimate of drug-likeness (QED) is 0.804. The third kappa shape index (κ3) is 5.23. The molecule has 1 aliphatic rings. The Bertz CT molecular complexity index is 803. The van der Waals surface area contributed by atoms with E-state index in [1.807, 2.05) is 30.0 Å². The average molecular weight is 370 g/mol. The van der Waals surface area contributed by atoms with E-state index in [2.05, 4.69) is 15.0 Å². The van der Waals surface area contributed by atoms with Crippen LogP contribution in [0.3, 0.4) is 0 Å². The van der Waals surface area contributed by atoms with Crippen LogP contribution >= 0.6 is 0 Å². The van der Waals surface area contributed by atoms with Gasteiger partial charge < -0.3 is 14.6 Å². The van der Waals surface area contributed by atoms with Gasteiger partial charge >= 0.3 is 5.69 Å². The number of amides is 1. The summed E-state index contributed by atoms with van der Waals surface area (Å²) in [5.41, 5.74) is 2.89. The van der Waals surface area contributed by atoms with Gasteiger partial charge in [0.1, 0.15) is 0 Å². The van der Waals surface area contributed by atoms with E-state index in [4.69, 9.17) is 4.74 Å². The van der Waals surface area contributed by atoms with Crippen molar-refractivity contribution in [3.8, 4) is 0 Å². The number of aromatic amines is 1. The highest BCUT2D eigenvalue weighted by Gasteiger charge is 2.23. The number of carbonyl (C=O) groups is 1. The number of aromatic nitrogens is 3. The van der Waals surface area contributed by atoms with Gasteiger partial charge in [-0.2, -0.15) is 4.98 Å². The summed E-state index contributed by atoms with van der Waals surface area (Å²) in [6.07, 6.45) is 4.75. The van der Waals surface area contributed by atoms with Crippen molar-refractivity contribution in [1.29, 1.82) is 0 Å². The molecule has 0 saturated carbocycles. The van der Waals surface area contributed by atoms with E-state index in [0.29, 0.717) is 31.6 Å². The van der Waals surface area contributed by atoms with Crippen molar-refractivity contribution in [2.45, 2.75) is 52.2 Å². The molecule has 144 valence electrons. The highest BCUT2D eigenvalue weighted by atomic mass is 16.5. The number of nitrogens with one attached hydrogen (secondary N) is 1. The van der Waals surface area contributed by atoms with Crippen LogP contribution in [0.1, 0.15) is 41.9 Å². The van der Waals surface area contributed by atoms with Crippen molar-refractivity contribution in [2.24, 2.45) is 0 Å². The van der Waals surface area contributed by atoms with Crippen molar-refractivity contribution >= 4 is 5.91 Å². The number of hydrogen-bond acceptors (Lipinski definition) is 5. The number of aryl methyl sites for hydroxylation is 2. The number of nitrogens with zero attached hydrogens (tertiary/aromatic N) is 3. The first-order valence-corrected chi connectivity index (χ1v) is 9.38. The van der Waals surface area contributed by atoms with E-state index in [-0.39, 0.29) is 17.7 Å². The van der Waals surface area contributed by atoms with E-state index in [1.165, 1.54) is 0 Å². The monoisotopic (exact) mass is 370 g/mol. The van der Waals surface area contributed by atoms with Crippen molar-refractivity contribution in [3.05, 3.63) is 57.5 Å². The number of H-pyrrole nitrogens is 1. The van der Waals surface area contributed by atoms with Crippen LogP contribution in [-0.2, 0) is 22.5 Å². The molecule has 0 bridgehead atoms. The van der Waals surface area contributed by atoms with E-state index in [9.17, 15) is 9.59 Å².